The molecule has 0 aromatic heterocycles. The molecule has 2 heterocycles. The molecule has 6 nitrogen and oxygen atoms in total. The Balaban J connectivity index is 1.64. The van der Waals surface area contributed by atoms with Crippen molar-refractivity contribution in [2.75, 3.05) is 18.6 Å². The molecule has 2 atom stereocenters. The number of amides is 1. The Morgan fingerprint density at radius 3 is 2.78 bits per heavy atom. The lowest BCUT2D eigenvalue weighted by Gasteiger charge is -2.32. The zero-order chi connectivity index (χ0) is 18.8. The molecule has 2 N–H and O–H groups in total. The second kappa shape index (κ2) is 7.67. The highest BCUT2D eigenvalue weighted by molar-refractivity contribution is 8.13. The minimum atomic E-state index is -0.310. The molecule has 1 saturated heterocycles. The normalized spacial score (nSPS) is 21.8. The lowest BCUT2D eigenvalue weighted by Crippen LogP contribution is -2.49. The van der Waals surface area contributed by atoms with Crippen molar-refractivity contribution in [3.63, 3.8) is 0 Å². The van der Waals surface area contributed by atoms with Gasteiger partial charge in [0.15, 0.2) is 5.17 Å². The number of anilines is 1. The number of hydrazine groups is 1. The van der Waals surface area contributed by atoms with E-state index in [-0.39, 0.29) is 23.8 Å². The lowest BCUT2D eigenvalue weighted by atomic mass is 10.0. The first-order chi connectivity index (χ1) is 13.2. The fourth-order valence-corrected chi connectivity index (χ4v) is 4.13. The van der Waals surface area contributed by atoms with Crippen molar-refractivity contribution in [1.29, 1.82) is 0 Å². The molecule has 0 spiro atoms. The summed E-state index contributed by atoms with van der Waals surface area (Å²) >= 11 is 1.35. The molecule has 4 rings (SSSR count). The van der Waals surface area contributed by atoms with E-state index in [0.29, 0.717) is 34.5 Å². The molecular formula is C19H19FN4O2S. The van der Waals surface area contributed by atoms with Crippen LogP contribution in [0.3, 0.4) is 0 Å². The van der Waals surface area contributed by atoms with Gasteiger partial charge in [0.05, 0.1) is 18.7 Å². The molecular weight excluding hydrogens is 367 g/mol. The number of fused-ring (bicyclic) bond motifs is 1. The van der Waals surface area contributed by atoms with Gasteiger partial charge in [-0.05, 0) is 35.9 Å². The maximum atomic E-state index is 14.0. The van der Waals surface area contributed by atoms with Gasteiger partial charge < -0.3 is 4.74 Å². The number of methoxy groups -OCH3 is 1. The van der Waals surface area contributed by atoms with Crippen LogP contribution in [0.1, 0.15) is 5.56 Å². The number of halogens is 1. The van der Waals surface area contributed by atoms with Crippen LogP contribution in [-0.2, 0) is 10.5 Å². The summed E-state index contributed by atoms with van der Waals surface area (Å²) in [6, 6.07) is 13.9. The summed E-state index contributed by atoms with van der Waals surface area (Å²) in [7, 11) is 1.60. The van der Waals surface area contributed by atoms with Crippen molar-refractivity contribution in [2.45, 2.75) is 11.9 Å². The Kier molecular flexibility index (Phi) is 5.11. The maximum Gasteiger partial charge on any atom is 0.241 e. The number of aliphatic imine (C=N–C) groups is 1. The molecule has 0 saturated carbocycles. The van der Waals surface area contributed by atoms with Gasteiger partial charge in [-0.15, -0.1) is 0 Å². The summed E-state index contributed by atoms with van der Waals surface area (Å²) in [5.74, 6) is 0.527. The Morgan fingerprint density at radius 1 is 1.26 bits per heavy atom. The topological polar surface area (TPSA) is 66.0 Å². The quantitative estimate of drug-likeness (QED) is 0.845. The van der Waals surface area contributed by atoms with Crippen LogP contribution in [0.5, 0.6) is 5.75 Å². The number of thioether (sulfide) groups is 1. The van der Waals surface area contributed by atoms with Gasteiger partial charge in [-0.2, -0.15) is 0 Å². The molecule has 0 aliphatic carbocycles. The van der Waals surface area contributed by atoms with Gasteiger partial charge in [0.25, 0.3) is 0 Å². The first-order valence-electron chi connectivity index (χ1n) is 8.58. The van der Waals surface area contributed by atoms with E-state index in [9.17, 15) is 9.18 Å². The zero-order valence-corrected chi connectivity index (χ0v) is 15.5. The van der Waals surface area contributed by atoms with Crippen LogP contribution in [0, 0.1) is 11.7 Å². The van der Waals surface area contributed by atoms with Crippen molar-refractivity contribution >= 4 is 28.5 Å². The van der Waals surface area contributed by atoms with Crippen LogP contribution < -0.4 is 20.5 Å². The first-order valence-corrected chi connectivity index (χ1v) is 9.56. The number of nitrogens with zero attached hydrogens (tertiary/aromatic N) is 2. The highest BCUT2D eigenvalue weighted by Crippen LogP contribution is 2.31. The fourth-order valence-electron chi connectivity index (χ4n) is 3.10. The third-order valence-corrected chi connectivity index (χ3v) is 5.58. The SMILES string of the molecule is COc1ccc(N2C(=O)C3CNNC3N=C2SCc2ccccc2F)cc1. The number of carbonyl (C=O) groups excluding carboxylic acids is 1. The predicted molar refractivity (Wildman–Crippen MR) is 104 cm³/mol. The van der Waals surface area contributed by atoms with Gasteiger partial charge in [0, 0.05) is 12.3 Å². The maximum absolute atomic E-state index is 14.0. The molecule has 1 fully saturated rings. The van der Waals surface area contributed by atoms with E-state index >= 15 is 0 Å². The van der Waals surface area contributed by atoms with Crippen LogP contribution in [-0.4, -0.2) is 30.9 Å². The molecule has 140 valence electrons. The molecule has 0 bridgehead atoms. The third kappa shape index (κ3) is 3.55. The number of carbonyl (C=O) groups is 1. The summed E-state index contributed by atoms with van der Waals surface area (Å²) in [6.45, 7) is 0.519. The van der Waals surface area contributed by atoms with Crippen LogP contribution in [0.4, 0.5) is 10.1 Å². The standard InChI is InChI=1S/C19H19FN4O2S/c1-26-14-8-6-13(7-9-14)24-18(25)15-10-21-23-17(15)22-19(24)27-11-12-4-2-3-5-16(12)20/h2-9,15,17,21,23H,10-11H2,1H3. The van der Waals surface area contributed by atoms with E-state index in [1.807, 2.05) is 12.1 Å². The van der Waals surface area contributed by atoms with Crippen molar-refractivity contribution in [3.05, 3.63) is 59.9 Å². The summed E-state index contributed by atoms with van der Waals surface area (Å²) in [6.07, 6.45) is -0.310. The monoisotopic (exact) mass is 386 g/mol. The van der Waals surface area contributed by atoms with E-state index < -0.39 is 0 Å². The van der Waals surface area contributed by atoms with Gasteiger partial charge in [-0.3, -0.25) is 15.1 Å². The number of hydrogen-bond acceptors (Lipinski definition) is 6. The lowest BCUT2D eigenvalue weighted by molar-refractivity contribution is -0.121. The second-order valence-corrected chi connectivity index (χ2v) is 7.18. The molecule has 0 radical (unpaired) electrons. The van der Waals surface area contributed by atoms with Gasteiger partial charge in [0.1, 0.15) is 17.7 Å². The zero-order valence-electron chi connectivity index (χ0n) is 14.7. The second-order valence-electron chi connectivity index (χ2n) is 6.24. The van der Waals surface area contributed by atoms with Crippen molar-refractivity contribution < 1.29 is 13.9 Å². The molecule has 2 aromatic rings. The van der Waals surface area contributed by atoms with Gasteiger partial charge in [-0.25, -0.2) is 14.8 Å². The van der Waals surface area contributed by atoms with E-state index in [2.05, 4.69) is 10.9 Å². The minimum Gasteiger partial charge on any atom is -0.497 e. The predicted octanol–water partition coefficient (Wildman–Crippen LogP) is 2.52. The highest BCUT2D eigenvalue weighted by atomic mass is 32.2. The molecule has 27 heavy (non-hydrogen) atoms. The van der Waals surface area contributed by atoms with E-state index in [1.54, 1.807) is 42.3 Å². The van der Waals surface area contributed by atoms with Crippen molar-refractivity contribution in [3.8, 4) is 5.75 Å². The van der Waals surface area contributed by atoms with E-state index in [0.717, 1.165) is 0 Å². The molecule has 2 aliphatic rings. The largest absolute Gasteiger partial charge is 0.497 e. The number of rotatable bonds is 4. The van der Waals surface area contributed by atoms with E-state index in [4.69, 9.17) is 9.73 Å². The summed E-state index contributed by atoms with van der Waals surface area (Å²) in [5.41, 5.74) is 7.31. The number of ether oxygens (including phenoxy) is 1. The average molecular weight is 386 g/mol. The highest BCUT2D eigenvalue weighted by Gasteiger charge is 2.42. The van der Waals surface area contributed by atoms with Crippen LogP contribution in [0.2, 0.25) is 0 Å². The van der Waals surface area contributed by atoms with Crippen LogP contribution in [0.25, 0.3) is 0 Å². The number of benzene rings is 2. The van der Waals surface area contributed by atoms with Crippen LogP contribution >= 0.6 is 11.8 Å². The van der Waals surface area contributed by atoms with Gasteiger partial charge in [0.2, 0.25) is 5.91 Å². The third-order valence-electron chi connectivity index (χ3n) is 4.58. The fraction of sp³-hybridized carbons (Fsp3) is 0.263. The molecule has 2 unspecified atom stereocenters. The molecule has 2 aliphatic heterocycles. The smallest absolute Gasteiger partial charge is 0.241 e. The number of hydrogen-bond donors (Lipinski definition) is 2. The van der Waals surface area contributed by atoms with E-state index in [1.165, 1.54) is 17.8 Å². The summed E-state index contributed by atoms with van der Waals surface area (Å²) < 4.78 is 19.2. The Labute approximate surface area is 160 Å². The Morgan fingerprint density at radius 2 is 2.04 bits per heavy atom. The Hall–Kier alpha value is -2.42. The minimum absolute atomic E-state index is 0.0336. The first kappa shape index (κ1) is 18.0. The van der Waals surface area contributed by atoms with Gasteiger partial charge in [-0.1, -0.05) is 30.0 Å². The van der Waals surface area contributed by atoms with Crippen molar-refractivity contribution in [1.82, 2.24) is 10.9 Å². The Bertz CT molecular complexity index is 874. The number of nitrogens with one attached hydrogen (secondary N) is 2. The van der Waals surface area contributed by atoms with Crippen molar-refractivity contribution in [2.24, 2.45) is 10.9 Å². The molecule has 2 aromatic carbocycles. The van der Waals surface area contributed by atoms with Gasteiger partial charge >= 0.3 is 0 Å². The summed E-state index contributed by atoms with van der Waals surface area (Å²) in [4.78, 5) is 19.4. The molecule has 8 heteroatoms. The average Bonchev–Trinajstić information content (AvgIpc) is 3.17. The van der Waals surface area contributed by atoms with Crippen LogP contribution in [0.15, 0.2) is 53.5 Å². The molecule has 1 amide bonds. The number of amidine groups is 1. The summed E-state index contributed by atoms with van der Waals surface area (Å²) in [5, 5.41) is 0.547.